The van der Waals surface area contributed by atoms with Gasteiger partial charge < -0.3 is 9.80 Å². The molecule has 3 aromatic heterocycles. The van der Waals surface area contributed by atoms with Crippen LogP contribution in [0.25, 0.3) is 16.9 Å². The first-order valence-electron chi connectivity index (χ1n) is 8.95. The van der Waals surface area contributed by atoms with Crippen molar-refractivity contribution in [2.24, 2.45) is 0 Å². The summed E-state index contributed by atoms with van der Waals surface area (Å²) in [6, 6.07) is 1.00. The molecule has 3 aromatic rings. The number of anilines is 1. The molecule has 0 N–H and O–H groups in total. The topological polar surface area (TPSA) is 54.5 Å². The molecule has 130 valence electrons. The van der Waals surface area contributed by atoms with Gasteiger partial charge in [-0.3, -0.25) is 9.08 Å². The van der Waals surface area contributed by atoms with E-state index >= 15 is 0 Å². The van der Waals surface area contributed by atoms with Crippen LogP contribution in [0.3, 0.4) is 0 Å². The molecule has 2 aliphatic rings. The summed E-state index contributed by atoms with van der Waals surface area (Å²) in [7, 11) is 2.14. The summed E-state index contributed by atoms with van der Waals surface area (Å²) in [5, 5.41) is 4.59. The molecule has 25 heavy (non-hydrogen) atoms. The maximum atomic E-state index is 5.03. The highest BCUT2D eigenvalue weighted by Crippen LogP contribution is 2.32. The minimum Gasteiger partial charge on any atom is -0.351 e. The Morgan fingerprint density at radius 1 is 1.24 bits per heavy atom. The Morgan fingerprint density at radius 3 is 2.76 bits per heavy atom. The molecule has 0 bridgehead atoms. The van der Waals surface area contributed by atoms with Crippen LogP contribution in [0.4, 0.5) is 5.82 Å². The highest BCUT2D eigenvalue weighted by Gasteiger charge is 2.29. The SMILES string of the molecule is Cc1c(-c2cnn(C3CN(C)C3)c2)nc(N2CC[C@@H]2C)c2nccn12. The highest BCUT2D eigenvalue weighted by molar-refractivity contribution is 5.73. The van der Waals surface area contributed by atoms with Crippen molar-refractivity contribution in [1.29, 1.82) is 0 Å². The largest absolute Gasteiger partial charge is 0.351 e. The quantitative estimate of drug-likeness (QED) is 0.731. The molecule has 0 spiro atoms. The van der Waals surface area contributed by atoms with Gasteiger partial charge in [0.1, 0.15) is 0 Å². The van der Waals surface area contributed by atoms with Crippen LogP contribution in [0.1, 0.15) is 25.1 Å². The van der Waals surface area contributed by atoms with E-state index in [0.29, 0.717) is 12.1 Å². The van der Waals surface area contributed by atoms with Crippen LogP contribution in [0.15, 0.2) is 24.8 Å². The lowest BCUT2D eigenvalue weighted by molar-refractivity contribution is 0.130. The first-order chi connectivity index (χ1) is 12.1. The van der Waals surface area contributed by atoms with E-state index in [9.17, 15) is 0 Å². The molecular formula is C18H23N7. The van der Waals surface area contributed by atoms with Crippen molar-refractivity contribution in [3.05, 3.63) is 30.5 Å². The molecule has 2 saturated heterocycles. The van der Waals surface area contributed by atoms with Crippen LogP contribution in [0.2, 0.25) is 0 Å². The minimum absolute atomic E-state index is 0.478. The van der Waals surface area contributed by atoms with Gasteiger partial charge in [-0.2, -0.15) is 5.10 Å². The Morgan fingerprint density at radius 2 is 2.08 bits per heavy atom. The lowest BCUT2D eigenvalue weighted by atomic mass is 10.1. The first-order valence-corrected chi connectivity index (χ1v) is 8.95. The molecule has 0 aromatic carbocycles. The standard InChI is InChI=1S/C18H23N7/c1-12-4-6-23(12)18-17-19-5-7-24(17)13(2)16(21-18)14-8-20-25(9-14)15-10-22(3)11-15/h5,7-9,12,15H,4,6,10-11H2,1-3H3/t12-/m0/s1. The lowest BCUT2D eigenvalue weighted by Gasteiger charge is -2.40. The highest BCUT2D eigenvalue weighted by atomic mass is 15.4. The van der Waals surface area contributed by atoms with E-state index in [4.69, 9.17) is 4.98 Å². The zero-order chi connectivity index (χ0) is 17.1. The number of hydrogen-bond donors (Lipinski definition) is 0. The van der Waals surface area contributed by atoms with E-state index in [2.05, 4.69) is 56.1 Å². The molecule has 2 fully saturated rings. The molecular weight excluding hydrogens is 314 g/mol. The number of likely N-dealkylation sites (tertiary alicyclic amines) is 1. The summed E-state index contributed by atoms with van der Waals surface area (Å²) in [4.78, 5) is 14.2. The number of aromatic nitrogens is 5. The Hall–Kier alpha value is -2.41. The molecule has 0 amide bonds. The van der Waals surface area contributed by atoms with Crippen molar-refractivity contribution >= 4 is 11.5 Å². The Kier molecular flexibility index (Phi) is 3.15. The van der Waals surface area contributed by atoms with Crippen molar-refractivity contribution in [3.8, 4) is 11.3 Å². The number of hydrogen-bond acceptors (Lipinski definition) is 5. The second kappa shape index (κ2) is 5.29. The summed E-state index contributed by atoms with van der Waals surface area (Å²) < 4.78 is 4.23. The number of fused-ring (bicyclic) bond motifs is 1. The zero-order valence-corrected chi connectivity index (χ0v) is 14.9. The maximum absolute atomic E-state index is 5.03. The van der Waals surface area contributed by atoms with E-state index in [1.54, 1.807) is 0 Å². The average molecular weight is 337 g/mol. The van der Waals surface area contributed by atoms with E-state index in [-0.39, 0.29) is 0 Å². The molecule has 7 nitrogen and oxygen atoms in total. The number of nitrogens with zero attached hydrogens (tertiary/aromatic N) is 7. The fraction of sp³-hybridized carbons (Fsp3) is 0.500. The van der Waals surface area contributed by atoms with Gasteiger partial charge in [-0.15, -0.1) is 0 Å². The van der Waals surface area contributed by atoms with Crippen molar-refractivity contribution in [2.75, 3.05) is 31.6 Å². The van der Waals surface area contributed by atoms with E-state index in [0.717, 1.165) is 48.1 Å². The second-order valence-electron chi connectivity index (χ2n) is 7.41. The van der Waals surface area contributed by atoms with Crippen molar-refractivity contribution < 1.29 is 0 Å². The summed E-state index contributed by atoms with van der Waals surface area (Å²) in [5.74, 6) is 0.987. The molecule has 0 saturated carbocycles. The van der Waals surface area contributed by atoms with E-state index < -0.39 is 0 Å². The van der Waals surface area contributed by atoms with E-state index in [1.165, 1.54) is 6.42 Å². The van der Waals surface area contributed by atoms with Gasteiger partial charge >= 0.3 is 0 Å². The molecule has 0 unspecified atom stereocenters. The number of imidazole rings is 1. The maximum Gasteiger partial charge on any atom is 0.180 e. The van der Waals surface area contributed by atoms with Crippen LogP contribution < -0.4 is 4.90 Å². The molecule has 5 rings (SSSR count). The van der Waals surface area contributed by atoms with Gasteiger partial charge in [0.15, 0.2) is 11.5 Å². The predicted molar refractivity (Wildman–Crippen MR) is 96.9 cm³/mol. The molecule has 7 heteroatoms. The molecule has 1 atom stereocenters. The smallest absolute Gasteiger partial charge is 0.180 e. The summed E-state index contributed by atoms with van der Waals surface area (Å²) >= 11 is 0. The first kappa shape index (κ1) is 14.9. The number of rotatable bonds is 3. The summed E-state index contributed by atoms with van der Waals surface area (Å²) in [6.07, 6.45) is 9.17. The summed E-state index contributed by atoms with van der Waals surface area (Å²) in [5.41, 5.74) is 4.13. The third kappa shape index (κ3) is 2.18. The van der Waals surface area contributed by atoms with Crippen molar-refractivity contribution in [2.45, 2.75) is 32.4 Å². The van der Waals surface area contributed by atoms with Crippen LogP contribution in [-0.4, -0.2) is 61.8 Å². The zero-order valence-electron chi connectivity index (χ0n) is 14.9. The third-order valence-electron chi connectivity index (χ3n) is 5.65. The minimum atomic E-state index is 0.478. The van der Waals surface area contributed by atoms with Gasteiger partial charge in [0.25, 0.3) is 0 Å². The third-order valence-corrected chi connectivity index (χ3v) is 5.65. The van der Waals surface area contributed by atoms with Crippen molar-refractivity contribution in [3.63, 3.8) is 0 Å². The van der Waals surface area contributed by atoms with Crippen LogP contribution >= 0.6 is 0 Å². The normalized spacial score (nSPS) is 21.6. The Balaban J connectivity index is 1.60. The van der Waals surface area contributed by atoms with Gasteiger partial charge in [0.2, 0.25) is 0 Å². The molecule has 2 aliphatic heterocycles. The van der Waals surface area contributed by atoms with Crippen LogP contribution in [-0.2, 0) is 0 Å². The number of likely N-dealkylation sites (N-methyl/N-ethyl adjacent to an activating group) is 1. The molecule has 0 aliphatic carbocycles. The van der Waals surface area contributed by atoms with Crippen LogP contribution in [0.5, 0.6) is 0 Å². The average Bonchev–Trinajstić information content (AvgIpc) is 3.22. The number of aryl methyl sites for hydroxylation is 1. The molecule has 0 radical (unpaired) electrons. The fourth-order valence-corrected chi connectivity index (χ4v) is 3.88. The summed E-state index contributed by atoms with van der Waals surface area (Å²) in [6.45, 7) is 7.52. The van der Waals surface area contributed by atoms with Gasteiger partial charge in [-0.05, 0) is 27.3 Å². The Labute approximate surface area is 146 Å². The van der Waals surface area contributed by atoms with Gasteiger partial charge in [-0.1, -0.05) is 0 Å². The van der Waals surface area contributed by atoms with Gasteiger partial charge in [-0.25, -0.2) is 9.97 Å². The predicted octanol–water partition coefficient (Wildman–Crippen LogP) is 1.99. The fourth-order valence-electron chi connectivity index (χ4n) is 3.88. The van der Waals surface area contributed by atoms with Crippen molar-refractivity contribution in [1.82, 2.24) is 29.0 Å². The van der Waals surface area contributed by atoms with Gasteiger partial charge in [0.05, 0.1) is 17.9 Å². The van der Waals surface area contributed by atoms with Gasteiger partial charge in [0, 0.05) is 55.5 Å². The Bertz CT molecular complexity index is 934. The van der Waals surface area contributed by atoms with E-state index in [1.807, 2.05) is 18.6 Å². The van der Waals surface area contributed by atoms with Crippen LogP contribution in [0, 0.1) is 6.92 Å². The molecule has 5 heterocycles. The second-order valence-corrected chi connectivity index (χ2v) is 7.41. The lowest BCUT2D eigenvalue weighted by Crippen LogP contribution is -2.46. The monoisotopic (exact) mass is 337 g/mol.